The number of azide groups is 1. The van der Waals surface area contributed by atoms with Gasteiger partial charge >= 0.3 is 11.4 Å². The van der Waals surface area contributed by atoms with E-state index in [0.717, 1.165) is 73.6 Å². The van der Waals surface area contributed by atoms with Gasteiger partial charge in [-0.05, 0) is 84.8 Å². The van der Waals surface area contributed by atoms with Crippen molar-refractivity contribution in [2.24, 2.45) is 39.2 Å². The number of nitrogens with zero attached hydrogens (tertiary/aromatic N) is 10. The summed E-state index contributed by atoms with van der Waals surface area (Å²) < 4.78 is 8.50. The Morgan fingerprint density at radius 3 is 1.91 bits per heavy atom. The molecule has 0 radical (unpaired) electrons. The molecule has 14 heteroatoms. The van der Waals surface area contributed by atoms with Crippen molar-refractivity contribution < 1.29 is 0 Å². The quantitative estimate of drug-likeness (QED) is 0.0724. The summed E-state index contributed by atoms with van der Waals surface area (Å²) in [6.45, 7) is 0.915. The number of halogens is 2. The molecule has 284 valence electrons. The summed E-state index contributed by atoms with van der Waals surface area (Å²) in [5.41, 5.74) is 17.6. The van der Waals surface area contributed by atoms with Crippen LogP contribution in [0.5, 0.6) is 0 Å². The van der Waals surface area contributed by atoms with Crippen LogP contribution in [-0.4, -0.2) is 33.3 Å². The lowest BCUT2D eigenvalue weighted by molar-refractivity contribution is 0.620. The monoisotopic (exact) mass is 786 g/mol. The van der Waals surface area contributed by atoms with E-state index in [1.807, 2.05) is 77.5 Å². The Bertz CT molecular complexity index is 2820. The van der Waals surface area contributed by atoms with Gasteiger partial charge in [-0.1, -0.05) is 87.8 Å². The predicted molar refractivity (Wildman–Crippen MR) is 222 cm³/mol. The van der Waals surface area contributed by atoms with Crippen LogP contribution >= 0.6 is 23.2 Å². The summed E-state index contributed by atoms with van der Waals surface area (Å²) in [6, 6.07) is 27.2. The molecule has 0 amide bonds. The van der Waals surface area contributed by atoms with Crippen LogP contribution in [0.25, 0.3) is 43.8 Å². The van der Waals surface area contributed by atoms with Gasteiger partial charge in [0.1, 0.15) is 5.69 Å². The van der Waals surface area contributed by atoms with Crippen LogP contribution < -0.4 is 11.4 Å². The van der Waals surface area contributed by atoms with Crippen LogP contribution in [0.2, 0.25) is 10.0 Å². The van der Waals surface area contributed by atoms with E-state index in [1.54, 1.807) is 46.5 Å². The van der Waals surface area contributed by atoms with Crippen molar-refractivity contribution >= 4 is 45.3 Å². The third kappa shape index (κ3) is 8.16. The molecule has 12 nitrogen and oxygen atoms in total. The van der Waals surface area contributed by atoms with E-state index in [-0.39, 0.29) is 11.4 Å². The molecule has 2 aliphatic carbocycles. The molecule has 2 fully saturated rings. The second-order valence-electron chi connectivity index (χ2n) is 14.1. The average Bonchev–Trinajstić information content (AvgIpc) is 4.16. The Morgan fingerprint density at radius 2 is 1.32 bits per heavy atom. The van der Waals surface area contributed by atoms with Gasteiger partial charge < -0.3 is 0 Å². The van der Waals surface area contributed by atoms with Crippen LogP contribution in [0, 0.1) is 17.8 Å². The number of benzene rings is 4. The Balaban J connectivity index is 0.000000144. The third-order valence-corrected chi connectivity index (χ3v) is 10.7. The van der Waals surface area contributed by atoms with E-state index in [9.17, 15) is 9.59 Å². The van der Waals surface area contributed by atoms with Crippen molar-refractivity contribution in [1.82, 2.24) is 33.3 Å². The molecule has 0 aliphatic heterocycles. The predicted octanol–water partition coefficient (Wildman–Crippen LogP) is 8.50. The number of aromatic nitrogens is 7. The van der Waals surface area contributed by atoms with E-state index < -0.39 is 0 Å². The van der Waals surface area contributed by atoms with Gasteiger partial charge in [0.05, 0.1) is 50.9 Å². The molecule has 2 aliphatic rings. The van der Waals surface area contributed by atoms with E-state index in [4.69, 9.17) is 28.7 Å². The number of fused-ring (bicyclic) bond motifs is 2. The molecule has 3 aromatic heterocycles. The topological polar surface area (TPSA) is 133 Å². The van der Waals surface area contributed by atoms with Gasteiger partial charge in [0.2, 0.25) is 0 Å². The lowest BCUT2D eigenvalue weighted by Gasteiger charge is -2.09. The molecular weight excluding hydrogens is 747 g/mol. The first-order valence-electron chi connectivity index (χ1n) is 18.3. The zero-order chi connectivity index (χ0) is 39.5. The smallest absolute Gasteiger partial charge is 0.295 e. The molecule has 3 heterocycles. The highest BCUT2D eigenvalue weighted by atomic mass is 35.5. The molecule has 2 saturated carbocycles. The number of imidazole rings is 2. The molecule has 56 heavy (non-hydrogen) atoms. The summed E-state index contributed by atoms with van der Waals surface area (Å²) in [5.74, 6) is 7.39. The van der Waals surface area contributed by atoms with Gasteiger partial charge in [0.15, 0.2) is 0 Å². The van der Waals surface area contributed by atoms with Gasteiger partial charge in [0, 0.05) is 56.1 Å². The lowest BCUT2D eigenvalue weighted by atomic mass is 10.1. The summed E-state index contributed by atoms with van der Waals surface area (Å²) in [4.78, 5) is 26.6. The molecule has 4 aromatic carbocycles. The highest BCUT2D eigenvalue weighted by molar-refractivity contribution is 6.33. The first-order valence-corrected chi connectivity index (χ1v) is 19.0. The average molecular weight is 788 g/mol. The zero-order valence-corrected chi connectivity index (χ0v) is 33.0. The fraction of sp³-hybridized carbons (Fsp3) is 0.286. The first-order chi connectivity index (χ1) is 27.0. The molecule has 0 spiro atoms. The van der Waals surface area contributed by atoms with Crippen molar-refractivity contribution in [3.05, 3.63) is 149 Å². The molecule has 0 unspecified atom stereocenters. The fourth-order valence-electron chi connectivity index (χ4n) is 6.60. The normalized spacial score (nSPS) is 13.2. The van der Waals surface area contributed by atoms with Gasteiger partial charge in [-0.2, -0.15) is 0 Å². The Morgan fingerprint density at radius 1 is 0.750 bits per heavy atom. The van der Waals surface area contributed by atoms with Gasteiger partial charge in [0.25, 0.3) is 0 Å². The molecule has 0 N–H and O–H groups in total. The van der Waals surface area contributed by atoms with E-state index in [1.165, 1.54) is 12.8 Å². The minimum absolute atomic E-state index is 0.0208. The summed E-state index contributed by atoms with van der Waals surface area (Å²) in [7, 11) is 7.05. The fourth-order valence-corrected chi connectivity index (χ4v) is 7.01. The van der Waals surface area contributed by atoms with Gasteiger partial charge in [-0.15, -0.1) is 5.10 Å². The van der Waals surface area contributed by atoms with Crippen molar-refractivity contribution in [3.63, 3.8) is 0 Å². The zero-order valence-electron chi connectivity index (χ0n) is 31.5. The summed E-state index contributed by atoms with van der Waals surface area (Å²) in [6.07, 6.45) is 4.82. The van der Waals surface area contributed by atoms with Crippen LogP contribution in [0.1, 0.15) is 54.0 Å². The Labute approximate surface area is 333 Å². The number of aryl methyl sites for hydroxylation is 4. The number of hydrogen-bond acceptors (Lipinski definition) is 5. The SMILES string of the molecule is Clc1ccccc1C#CC1CC1.Cn1c(=O)n(C)c2cc(CN=[N+]=[N-])ccc21.Cn1c(=O)n(C)c2cc(Cn3nnc(-c4ccccc4Cl)c3C3CC3)ccc21. The lowest BCUT2D eigenvalue weighted by Crippen LogP contribution is -2.19. The van der Waals surface area contributed by atoms with Crippen molar-refractivity contribution in [1.29, 1.82) is 0 Å². The third-order valence-electron chi connectivity index (χ3n) is 10.1. The second-order valence-corrected chi connectivity index (χ2v) is 14.9. The van der Waals surface area contributed by atoms with E-state index >= 15 is 0 Å². The minimum Gasteiger partial charge on any atom is -0.295 e. The van der Waals surface area contributed by atoms with Crippen LogP contribution in [0.3, 0.4) is 0 Å². The first kappa shape index (κ1) is 38.3. The molecular formula is C42H40Cl2N10O2. The van der Waals surface area contributed by atoms with Crippen molar-refractivity contribution in [2.45, 2.75) is 44.7 Å². The second kappa shape index (κ2) is 16.4. The molecule has 9 rings (SSSR count). The van der Waals surface area contributed by atoms with Crippen LogP contribution in [-0.2, 0) is 41.3 Å². The standard InChI is InChI=1S/C21H20ClN5O.C11H9Cl.C10H11N5O/c1-25-17-10-7-13(11-18(17)26(2)21(25)28)12-27-20(14-8-9-14)19(23-24-27)15-5-3-4-6-16(15)22;12-11-4-2-1-3-10(11)8-7-9-5-6-9;1-14-8-4-3-7(6-12-13-11)5-9(8)15(2)10(14)16/h3-7,10-11,14H,8-9,12H2,1-2H3;1-4,9H,5-6H2;3-5H,6H2,1-2H3. The largest absolute Gasteiger partial charge is 0.328 e. The Kier molecular flexibility index (Phi) is 11.2. The minimum atomic E-state index is -0.0593. The Hall–Kier alpha value is -5.99. The molecule has 7 aromatic rings. The molecule has 0 bridgehead atoms. The maximum Gasteiger partial charge on any atom is 0.328 e. The van der Waals surface area contributed by atoms with E-state index in [0.29, 0.717) is 29.9 Å². The number of rotatable bonds is 6. The maximum absolute atomic E-state index is 12.2. The highest BCUT2D eigenvalue weighted by Crippen LogP contribution is 2.45. The van der Waals surface area contributed by atoms with Gasteiger partial charge in [-0.25, -0.2) is 14.3 Å². The number of hydrogen-bond donors (Lipinski definition) is 0. The summed E-state index contributed by atoms with van der Waals surface area (Å²) >= 11 is 12.3. The van der Waals surface area contributed by atoms with Gasteiger partial charge in [-0.3, -0.25) is 18.3 Å². The summed E-state index contributed by atoms with van der Waals surface area (Å²) in [5, 5.41) is 13.9. The maximum atomic E-state index is 12.2. The van der Waals surface area contributed by atoms with Crippen molar-refractivity contribution in [2.75, 3.05) is 0 Å². The molecule has 0 atom stereocenters. The van der Waals surface area contributed by atoms with E-state index in [2.05, 4.69) is 44.3 Å². The van der Waals surface area contributed by atoms with Crippen LogP contribution in [0.15, 0.2) is 99.6 Å². The highest BCUT2D eigenvalue weighted by Gasteiger charge is 2.32. The van der Waals surface area contributed by atoms with Crippen molar-refractivity contribution in [3.8, 4) is 23.1 Å². The van der Waals surface area contributed by atoms with Crippen LogP contribution in [0.4, 0.5) is 0 Å². The molecule has 0 saturated heterocycles.